The molecule has 19 heavy (non-hydrogen) atoms. The van der Waals surface area contributed by atoms with E-state index in [1.54, 1.807) is 0 Å². The molecule has 104 valence electrons. The van der Waals surface area contributed by atoms with E-state index in [9.17, 15) is 13.2 Å². The number of halogens is 3. The lowest BCUT2D eigenvalue weighted by Gasteiger charge is -2.27. The van der Waals surface area contributed by atoms with Gasteiger partial charge in [0.2, 0.25) is 4.96 Å². The highest BCUT2D eigenvalue weighted by atomic mass is 32.1. The van der Waals surface area contributed by atoms with E-state index < -0.39 is 11.6 Å². The van der Waals surface area contributed by atoms with E-state index in [0.29, 0.717) is 23.8 Å². The highest BCUT2D eigenvalue weighted by Gasteiger charge is 2.59. The molecule has 2 aromatic heterocycles. The fraction of sp³-hybridized carbons (Fsp3) is 0.700. The van der Waals surface area contributed by atoms with Crippen molar-refractivity contribution in [3.63, 3.8) is 0 Å². The number of hydrogen-bond donors (Lipinski definition) is 1. The summed E-state index contributed by atoms with van der Waals surface area (Å²) in [6, 6.07) is 0. The quantitative estimate of drug-likeness (QED) is 0.912. The Bertz CT molecular complexity index is 596. The van der Waals surface area contributed by atoms with E-state index in [2.05, 4.69) is 20.6 Å². The zero-order valence-electron chi connectivity index (χ0n) is 10.2. The van der Waals surface area contributed by atoms with Crippen molar-refractivity contribution in [3.8, 4) is 0 Å². The average molecular weight is 291 g/mol. The predicted octanol–water partition coefficient (Wildman–Crippen LogP) is 1.54. The second kappa shape index (κ2) is 4.14. The van der Waals surface area contributed by atoms with Crippen LogP contribution in [0.1, 0.15) is 24.2 Å². The molecule has 0 aliphatic carbocycles. The van der Waals surface area contributed by atoms with Gasteiger partial charge in [-0.3, -0.25) is 0 Å². The van der Waals surface area contributed by atoms with Crippen LogP contribution in [0.5, 0.6) is 0 Å². The van der Waals surface area contributed by atoms with Crippen LogP contribution in [-0.4, -0.2) is 39.1 Å². The maximum absolute atomic E-state index is 13.4. The Kier molecular flexibility index (Phi) is 2.79. The van der Waals surface area contributed by atoms with Gasteiger partial charge >= 0.3 is 6.18 Å². The van der Waals surface area contributed by atoms with Gasteiger partial charge in [-0.25, -0.2) is 0 Å². The topological polar surface area (TPSA) is 55.1 Å². The SMILES string of the molecule is CCc1nnc2sc(C3(C(F)(F)F)CCNC3)nn12. The van der Waals surface area contributed by atoms with Crippen molar-refractivity contribution in [1.29, 1.82) is 0 Å². The number of nitrogens with zero attached hydrogens (tertiary/aromatic N) is 4. The van der Waals surface area contributed by atoms with E-state index in [1.807, 2.05) is 6.92 Å². The highest BCUT2D eigenvalue weighted by molar-refractivity contribution is 7.16. The third kappa shape index (κ3) is 1.75. The minimum Gasteiger partial charge on any atom is -0.315 e. The summed E-state index contributed by atoms with van der Waals surface area (Å²) in [6.45, 7) is 2.09. The van der Waals surface area contributed by atoms with Gasteiger partial charge in [0.25, 0.3) is 0 Å². The van der Waals surface area contributed by atoms with Crippen molar-refractivity contribution < 1.29 is 13.2 Å². The van der Waals surface area contributed by atoms with Crippen LogP contribution >= 0.6 is 11.3 Å². The van der Waals surface area contributed by atoms with Gasteiger partial charge in [0.1, 0.15) is 10.4 Å². The Morgan fingerprint density at radius 1 is 1.42 bits per heavy atom. The maximum Gasteiger partial charge on any atom is 0.402 e. The molecule has 1 aliphatic rings. The van der Waals surface area contributed by atoms with E-state index in [0.717, 1.165) is 11.3 Å². The molecule has 1 N–H and O–H groups in total. The van der Waals surface area contributed by atoms with E-state index in [4.69, 9.17) is 0 Å². The summed E-state index contributed by atoms with van der Waals surface area (Å²) in [6.07, 6.45) is -3.71. The Morgan fingerprint density at radius 2 is 2.21 bits per heavy atom. The first-order chi connectivity index (χ1) is 8.98. The second-order valence-corrected chi connectivity index (χ2v) is 5.53. The summed E-state index contributed by atoms with van der Waals surface area (Å²) in [7, 11) is 0. The number of hydrogen-bond acceptors (Lipinski definition) is 5. The highest BCUT2D eigenvalue weighted by Crippen LogP contribution is 2.46. The molecule has 3 rings (SSSR count). The van der Waals surface area contributed by atoms with Crippen LogP contribution in [0.2, 0.25) is 0 Å². The lowest BCUT2D eigenvalue weighted by atomic mass is 9.87. The first-order valence-corrected chi connectivity index (χ1v) is 6.78. The Balaban J connectivity index is 2.13. The van der Waals surface area contributed by atoms with Crippen LogP contribution in [-0.2, 0) is 11.8 Å². The first-order valence-electron chi connectivity index (χ1n) is 5.97. The van der Waals surface area contributed by atoms with Crippen LogP contribution in [0.4, 0.5) is 13.2 Å². The second-order valence-electron chi connectivity index (χ2n) is 4.58. The molecule has 0 saturated carbocycles. The third-order valence-corrected chi connectivity index (χ3v) is 4.58. The Hall–Kier alpha value is -1.22. The number of rotatable bonds is 2. The van der Waals surface area contributed by atoms with E-state index >= 15 is 0 Å². The predicted molar refractivity (Wildman–Crippen MR) is 63.3 cm³/mol. The summed E-state index contributed by atoms with van der Waals surface area (Å²) >= 11 is 0.975. The fourth-order valence-electron chi connectivity index (χ4n) is 2.31. The van der Waals surface area contributed by atoms with Crippen molar-refractivity contribution in [1.82, 2.24) is 25.1 Å². The van der Waals surface area contributed by atoms with Gasteiger partial charge in [0, 0.05) is 13.0 Å². The standard InChI is InChI=1S/C10H12F3N5S/c1-2-6-15-16-8-18(6)17-7(19-8)9(10(11,12)13)3-4-14-5-9/h14H,2-5H2,1H3. The van der Waals surface area contributed by atoms with Gasteiger partial charge in [-0.05, 0) is 13.0 Å². The molecule has 1 fully saturated rings. The van der Waals surface area contributed by atoms with Gasteiger partial charge in [0.05, 0.1) is 0 Å². The molecule has 0 aromatic carbocycles. The lowest BCUT2D eigenvalue weighted by Crippen LogP contribution is -2.44. The van der Waals surface area contributed by atoms with Gasteiger partial charge in [0.15, 0.2) is 5.82 Å². The minimum absolute atomic E-state index is 0.0159. The van der Waals surface area contributed by atoms with Crippen LogP contribution in [0, 0.1) is 0 Å². The summed E-state index contributed by atoms with van der Waals surface area (Å²) in [5, 5.41) is 14.7. The molecule has 9 heteroatoms. The van der Waals surface area contributed by atoms with Crippen LogP contribution < -0.4 is 5.32 Å². The number of aromatic nitrogens is 4. The summed E-state index contributed by atoms with van der Waals surface area (Å²) < 4.78 is 41.6. The van der Waals surface area contributed by atoms with E-state index in [1.165, 1.54) is 4.52 Å². The lowest BCUT2D eigenvalue weighted by molar-refractivity contribution is -0.185. The molecular formula is C10H12F3N5S. The molecule has 0 radical (unpaired) electrons. The Morgan fingerprint density at radius 3 is 2.79 bits per heavy atom. The normalized spacial score (nSPS) is 24.4. The Labute approximate surface area is 110 Å². The van der Waals surface area contributed by atoms with Crippen molar-refractivity contribution in [2.24, 2.45) is 0 Å². The van der Waals surface area contributed by atoms with Gasteiger partial charge in [-0.1, -0.05) is 18.3 Å². The number of aryl methyl sites for hydroxylation is 1. The van der Waals surface area contributed by atoms with Crippen molar-refractivity contribution >= 4 is 16.3 Å². The fourth-order valence-corrected chi connectivity index (χ4v) is 3.40. The van der Waals surface area contributed by atoms with Gasteiger partial charge in [-0.15, -0.1) is 10.2 Å². The summed E-state index contributed by atoms with van der Waals surface area (Å²) in [4.78, 5) is 0.419. The third-order valence-electron chi connectivity index (χ3n) is 3.48. The molecule has 0 bridgehead atoms. The van der Waals surface area contributed by atoms with Crippen LogP contribution in [0.25, 0.3) is 4.96 Å². The largest absolute Gasteiger partial charge is 0.402 e. The van der Waals surface area contributed by atoms with E-state index in [-0.39, 0.29) is 18.0 Å². The van der Waals surface area contributed by atoms with Gasteiger partial charge in [-0.2, -0.15) is 22.8 Å². The van der Waals surface area contributed by atoms with Crippen molar-refractivity contribution in [2.75, 3.05) is 13.1 Å². The average Bonchev–Trinajstić information content (AvgIpc) is 3.02. The molecule has 3 heterocycles. The zero-order chi connectivity index (χ0) is 13.7. The molecule has 2 aromatic rings. The molecule has 5 nitrogen and oxygen atoms in total. The number of alkyl halides is 3. The zero-order valence-corrected chi connectivity index (χ0v) is 11.0. The smallest absolute Gasteiger partial charge is 0.315 e. The number of nitrogens with one attached hydrogen (secondary N) is 1. The maximum atomic E-state index is 13.4. The number of fused-ring (bicyclic) bond motifs is 1. The molecule has 1 saturated heterocycles. The first kappa shape index (κ1) is 12.8. The minimum atomic E-state index is -4.31. The monoisotopic (exact) mass is 291 g/mol. The van der Waals surface area contributed by atoms with Crippen molar-refractivity contribution in [2.45, 2.75) is 31.4 Å². The van der Waals surface area contributed by atoms with Crippen molar-refractivity contribution in [3.05, 3.63) is 10.8 Å². The van der Waals surface area contributed by atoms with Crippen LogP contribution in [0.3, 0.4) is 0 Å². The summed E-state index contributed by atoms with van der Waals surface area (Å²) in [5.41, 5.74) is -1.89. The molecule has 1 atom stereocenters. The van der Waals surface area contributed by atoms with Crippen LogP contribution in [0.15, 0.2) is 0 Å². The molecule has 0 amide bonds. The molecule has 1 unspecified atom stereocenters. The van der Waals surface area contributed by atoms with Gasteiger partial charge < -0.3 is 5.32 Å². The summed E-state index contributed by atoms with van der Waals surface area (Å²) in [5.74, 6) is 0.584. The molecular weight excluding hydrogens is 279 g/mol. The molecule has 0 spiro atoms. The molecule has 1 aliphatic heterocycles.